The van der Waals surface area contributed by atoms with Crippen molar-refractivity contribution < 1.29 is 4.74 Å². The Balaban J connectivity index is 2.36. The van der Waals surface area contributed by atoms with Crippen LogP contribution in [-0.4, -0.2) is 17.2 Å². The predicted molar refractivity (Wildman–Crippen MR) is 81.1 cm³/mol. The fourth-order valence-electron chi connectivity index (χ4n) is 3.43. The molecule has 2 rings (SSSR count). The van der Waals surface area contributed by atoms with E-state index in [4.69, 9.17) is 10.6 Å². The van der Waals surface area contributed by atoms with Crippen LogP contribution in [0, 0.1) is 6.92 Å². The van der Waals surface area contributed by atoms with Gasteiger partial charge in [-0.2, -0.15) is 0 Å². The maximum absolute atomic E-state index is 6.24. The van der Waals surface area contributed by atoms with Crippen molar-refractivity contribution in [1.82, 2.24) is 10.4 Å². The lowest BCUT2D eigenvalue weighted by Gasteiger charge is -2.40. The molecule has 0 radical (unpaired) electrons. The van der Waals surface area contributed by atoms with Gasteiger partial charge in [-0.15, -0.1) is 0 Å². The number of hydrogen-bond donors (Lipinski definition) is 2. The summed E-state index contributed by atoms with van der Waals surface area (Å²) in [5, 5.41) is 0. The lowest BCUT2D eigenvalue weighted by molar-refractivity contribution is -0.0784. The monoisotopic (exact) mass is 277 g/mol. The highest BCUT2D eigenvalue weighted by Gasteiger charge is 2.40. The molecule has 0 bridgehead atoms. The Labute approximate surface area is 122 Å². The SMILES string of the molecule is CCOC1(C(NN)c2cnccc2C)CCCCCC1. The molecule has 1 aliphatic carbocycles. The fourth-order valence-corrected chi connectivity index (χ4v) is 3.43. The number of aryl methyl sites for hydroxylation is 1. The summed E-state index contributed by atoms with van der Waals surface area (Å²) in [6.45, 7) is 4.89. The van der Waals surface area contributed by atoms with Crippen molar-refractivity contribution in [2.24, 2.45) is 5.84 Å². The molecule has 4 nitrogen and oxygen atoms in total. The molecule has 1 saturated carbocycles. The van der Waals surface area contributed by atoms with Crippen LogP contribution in [-0.2, 0) is 4.74 Å². The van der Waals surface area contributed by atoms with Crippen LogP contribution in [0.3, 0.4) is 0 Å². The summed E-state index contributed by atoms with van der Waals surface area (Å²) in [5.41, 5.74) is 5.19. The number of hydrazine groups is 1. The molecule has 0 saturated heterocycles. The van der Waals surface area contributed by atoms with E-state index < -0.39 is 0 Å². The van der Waals surface area contributed by atoms with Gasteiger partial charge in [-0.05, 0) is 43.9 Å². The van der Waals surface area contributed by atoms with E-state index in [0.29, 0.717) is 0 Å². The molecule has 1 unspecified atom stereocenters. The topological polar surface area (TPSA) is 60.2 Å². The molecule has 0 amide bonds. The number of rotatable bonds is 5. The number of pyridine rings is 1. The van der Waals surface area contributed by atoms with E-state index in [1.54, 1.807) is 0 Å². The van der Waals surface area contributed by atoms with Crippen molar-refractivity contribution in [3.63, 3.8) is 0 Å². The first kappa shape index (κ1) is 15.4. The molecule has 1 fully saturated rings. The van der Waals surface area contributed by atoms with Gasteiger partial charge < -0.3 is 4.74 Å². The first-order chi connectivity index (χ1) is 9.73. The molecular formula is C16H27N3O. The van der Waals surface area contributed by atoms with Crippen LogP contribution in [0.1, 0.15) is 62.6 Å². The highest BCUT2D eigenvalue weighted by atomic mass is 16.5. The third-order valence-corrected chi connectivity index (χ3v) is 4.47. The Bertz CT molecular complexity index is 414. The molecule has 0 spiro atoms. The molecule has 20 heavy (non-hydrogen) atoms. The summed E-state index contributed by atoms with van der Waals surface area (Å²) >= 11 is 0. The minimum Gasteiger partial charge on any atom is -0.373 e. The summed E-state index contributed by atoms with van der Waals surface area (Å²) in [4.78, 5) is 4.27. The Kier molecular flexibility index (Phi) is 5.52. The van der Waals surface area contributed by atoms with Gasteiger partial charge in [0, 0.05) is 19.0 Å². The van der Waals surface area contributed by atoms with Crippen molar-refractivity contribution in [2.45, 2.75) is 64.0 Å². The normalized spacial score (nSPS) is 20.4. The van der Waals surface area contributed by atoms with Gasteiger partial charge in [-0.3, -0.25) is 10.8 Å². The molecule has 0 aliphatic heterocycles. The summed E-state index contributed by atoms with van der Waals surface area (Å²) in [7, 11) is 0. The molecular weight excluding hydrogens is 250 g/mol. The number of nitrogens with two attached hydrogens (primary N) is 1. The van der Waals surface area contributed by atoms with Crippen LogP contribution in [0.2, 0.25) is 0 Å². The molecule has 1 aromatic rings. The van der Waals surface area contributed by atoms with E-state index >= 15 is 0 Å². The number of nitrogens with one attached hydrogen (secondary N) is 1. The van der Waals surface area contributed by atoms with E-state index in [1.165, 1.54) is 31.2 Å². The quantitative estimate of drug-likeness (QED) is 0.493. The highest BCUT2D eigenvalue weighted by Crippen LogP contribution is 2.40. The van der Waals surface area contributed by atoms with Gasteiger partial charge in [-0.25, -0.2) is 5.43 Å². The standard InChI is InChI=1S/C16H27N3O/c1-3-20-16(9-6-4-5-7-10-16)15(19-17)14-12-18-11-8-13(14)2/h8,11-12,15,19H,3-7,9-10,17H2,1-2H3. The second-order valence-electron chi connectivity index (χ2n) is 5.74. The summed E-state index contributed by atoms with van der Waals surface area (Å²) in [6, 6.07) is 2.05. The zero-order valence-electron chi connectivity index (χ0n) is 12.7. The molecule has 1 aliphatic rings. The second-order valence-corrected chi connectivity index (χ2v) is 5.74. The Morgan fingerprint density at radius 1 is 1.35 bits per heavy atom. The van der Waals surface area contributed by atoms with Crippen LogP contribution in [0.15, 0.2) is 18.5 Å². The van der Waals surface area contributed by atoms with E-state index in [1.807, 2.05) is 18.5 Å². The van der Waals surface area contributed by atoms with Crippen molar-refractivity contribution in [2.75, 3.05) is 6.61 Å². The molecule has 1 atom stereocenters. The molecule has 0 aromatic carbocycles. The first-order valence-electron chi connectivity index (χ1n) is 7.74. The van der Waals surface area contributed by atoms with Gasteiger partial charge in [0.15, 0.2) is 0 Å². The van der Waals surface area contributed by atoms with Gasteiger partial charge in [0.25, 0.3) is 0 Å². The number of hydrogen-bond acceptors (Lipinski definition) is 4. The fraction of sp³-hybridized carbons (Fsp3) is 0.688. The minimum absolute atomic E-state index is 0.00856. The van der Waals surface area contributed by atoms with Crippen molar-refractivity contribution >= 4 is 0 Å². The third kappa shape index (κ3) is 3.19. The van der Waals surface area contributed by atoms with E-state index in [0.717, 1.165) is 25.0 Å². The number of nitrogens with zero attached hydrogens (tertiary/aromatic N) is 1. The van der Waals surface area contributed by atoms with Gasteiger partial charge in [0.1, 0.15) is 0 Å². The molecule has 112 valence electrons. The summed E-state index contributed by atoms with van der Waals surface area (Å²) in [6.07, 6.45) is 10.9. The van der Waals surface area contributed by atoms with Crippen LogP contribution >= 0.6 is 0 Å². The van der Waals surface area contributed by atoms with Crippen LogP contribution < -0.4 is 11.3 Å². The third-order valence-electron chi connectivity index (χ3n) is 4.47. The lowest BCUT2D eigenvalue weighted by Crippen LogP contribution is -2.48. The van der Waals surface area contributed by atoms with Gasteiger partial charge >= 0.3 is 0 Å². The maximum atomic E-state index is 6.24. The second kappa shape index (κ2) is 7.16. The van der Waals surface area contributed by atoms with Crippen molar-refractivity contribution in [3.8, 4) is 0 Å². The minimum atomic E-state index is -0.201. The predicted octanol–water partition coefficient (Wildman–Crippen LogP) is 3.02. The smallest absolute Gasteiger partial charge is 0.0889 e. The van der Waals surface area contributed by atoms with Gasteiger partial charge in [0.05, 0.1) is 11.6 Å². The summed E-state index contributed by atoms with van der Waals surface area (Å²) < 4.78 is 6.24. The van der Waals surface area contributed by atoms with Crippen LogP contribution in [0.4, 0.5) is 0 Å². The average Bonchev–Trinajstić information content (AvgIpc) is 2.69. The molecule has 1 heterocycles. The van der Waals surface area contributed by atoms with E-state index in [2.05, 4.69) is 24.3 Å². The molecule has 3 N–H and O–H groups in total. The first-order valence-corrected chi connectivity index (χ1v) is 7.74. The van der Waals surface area contributed by atoms with Gasteiger partial charge in [0.2, 0.25) is 0 Å². The molecule has 4 heteroatoms. The van der Waals surface area contributed by atoms with E-state index in [-0.39, 0.29) is 11.6 Å². The highest BCUT2D eigenvalue weighted by molar-refractivity contribution is 5.28. The number of aromatic nitrogens is 1. The van der Waals surface area contributed by atoms with Crippen LogP contribution in [0.5, 0.6) is 0 Å². The molecule has 1 aromatic heterocycles. The number of ether oxygens (including phenoxy) is 1. The average molecular weight is 277 g/mol. The van der Waals surface area contributed by atoms with Crippen molar-refractivity contribution in [3.05, 3.63) is 29.6 Å². The Morgan fingerprint density at radius 3 is 2.60 bits per heavy atom. The Hall–Kier alpha value is -0.970. The zero-order valence-corrected chi connectivity index (χ0v) is 12.7. The maximum Gasteiger partial charge on any atom is 0.0889 e. The lowest BCUT2D eigenvalue weighted by atomic mass is 9.81. The van der Waals surface area contributed by atoms with Crippen molar-refractivity contribution in [1.29, 1.82) is 0 Å². The van der Waals surface area contributed by atoms with E-state index in [9.17, 15) is 0 Å². The summed E-state index contributed by atoms with van der Waals surface area (Å²) in [5.74, 6) is 5.91. The zero-order chi connectivity index (χ0) is 14.4. The van der Waals surface area contributed by atoms with Gasteiger partial charge in [-0.1, -0.05) is 25.7 Å². The van der Waals surface area contributed by atoms with Crippen LogP contribution in [0.25, 0.3) is 0 Å². The largest absolute Gasteiger partial charge is 0.373 e. The Morgan fingerprint density at radius 2 is 2.05 bits per heavy atom.